The first kappa shape index (κ1) is 15.5. The normalized spacial score (nSPS) is 23.2. The van der Waals surface area contributed by atoms with Crippen molar-refractivity contribution in [3.8, 4) is 0 Å². The molecule has 0 N–H and O–H groups in total. The molecule has 1 amide bonds. The first-order valence-corrected chi connectivity index (χ1v) is 8.19. The number of piperazine rings is 1. The number of nitrogens with zero attached hydrogens (tertiary/aromatic N) is 4. The number of rotatable bonds is 3. The molecule has 1 atom stereocenters. The monoisotopic (exact) mass is 306 g/mol. The number of amides is 1. The average Bonchev–Trinajstić information content (AvgIpc) is 3.08. The molecule has 0 bridgehead atoms. The molecule has 1 aromatic heterocycles. The van der Waals surface area contributed by atoms with E-state index in [-0.39, 0.29) is 5.91 Å². The fourth-order valence-electron chi connectivity index (χ4n) is 3.45. The second-order valence-corrected chi connectivity index (χ2v) is 6.40. The highest BCUT2D eigenvalue weighted by Crippen LogP contribution is 2.18. The van der Waals surface area contributed by atoms with Crippen LogP contribution in [0.15, 0.2) is 0 Å². The Kier molecular flexibility index (Phi) is 4.49. The van der Waals surface area contributed by atoms with E-state index in [1.54, 1.807) is 4.68 Å². The van der Waals surface area contributed by atoms with Gasteiger partial charge in [0.25, 0.3) is 5.91 Å². The Balaban J connectivity index is 1.57. The first-order valence-electron chi connectivity index (χ1n) is 8.19. The van der Waals surface area contributed by atoms with Crippen LogP contribution in [0.4, 0.5) is 0 Å². The van der Waals surface area contributed by atoms with Gasteiger partial charge in [0.1, 0.15) is 0 Å². The number of carbonyl (C=O) groups excluding carboxylic acids is 1. The van der Waals surface area contributed by atoms with E-state index in [1.807, 2.05) is 25.8 Å². The smallest absolute Gasteiger partial charge is 0.257 e. The summed E-state index contributed by atoms with van der Waals surface area (Å²) in [6.07, 6.45) is 2.75. The third kappa shape index (κ3) is 3.03. The lowest BCUT2D eigenvalue weighted by atomic mass is 10.1. The van der Waals surface area contributed by atoms with Gasteiger partial charge in [-0.3, -0.25) is 14.4 Å². The summed E-state index contributed by atoms with van der Waals surface area (Å²) in [7, 11) is 1.89. The third-order valence-corrected chi connectivity index (χ3v) is 4.87. The molecule has 0 saturated carbocycles. The number of aromatic nitrogens is 2. The number of ether oxygens (including phenoxy) is 1. The van der Waals surface area contributed by atoms with Crippen molar-refractivity contribution in [3.63, 3.8) is 0 Å². The highest BCUT2D eigenvalue weighted by molar-refractivity contribution is 5.96. The molecule has 22 heavy (non-hydrogen) atoms. The number of aryl methyl sites for hydroxylation is 2. The van der Waals surface area contributed by atoms with Crippen LogP contribution in [0.25, 0.3) is 0 Å². The molecule has 3 rings (SSSR count). The fraction of sp³-hybridized carbons (Fsp3) is 0.750. The standard InChI is InChI=1S/C16H26N4O2/c1-12-15(13(2)18(3)17-12)16(21)20-8-6-19(7-9-20)11-14-5-4-10-22-14/h14H,4-11H2,1-3H3. The molecule has 2 aliphatic rings. The van der Waals surface area contributed by atoms with E-state index in [2.05, 4.69) is 10.00 Å². The number of hydrogen-bond acceptors (Lipinski definition) is 4. The van der Waals surface area contributed by atoms with Gasteiger partial charge in [0.2, 0.25) is 0 Å². The highest BCUT2D eigenvalue weighted by Gasteiger charge is 2.28. The van der Waals surface area contributed by atoms with E-state index in [1.165, 1.54) is 12.8 Å². The Hall–Kier alpha value is -1.40. The van der Waals surface area contributed by atoms with Crippen molar-refractivity contribution in [2.24, 2.45) is 7.05 Å². The molecule has 6 heteroatoms. The predicted octanol–water partition coefficient (Wildman–Crippen LogP) is 0.974. The maximum atomic E-state index is 12.7. The van der Waals surface area contributed by atoms with Crippen molar-refractivity contribution in [2.45, 2.75) is 32.8 Å². The minimum atomic E-state index is 0.125. The van der Waals surface area contributed by atoms with Crippen LogP contribution in [0.2, 0.25) is 0 Å². The van der Waals surface area contributed by atoms with Gasteiger partial charge in [0.15, 0.2) is 0 Å². The zero-order valence-electron chi connectivity index (χ0n) is 13.8. The Morgan fingerprint density at radius 2 is 2.00 bits per heavy atom. The SMILES string of the molecule is Cc1nn(C)c(C)c1C(=O)N1CCN(CC2CCCO2)CC1. The lowest BCUT2D eigenvalue weighted by Gasteiger charge is -2.35. The van der Waals surface area contributed by atoms with Crippen molar-refractivity contribution >= 4 is 5.91 Å². The Labute approximate surface area is 132 Å². The summed E-state index contributed by atoms with van der Waals surface area (Å²) in [5, 5.41) is 4.35. The van der Waals surface area contributed by atoms with Crippen molar-refractivity contribution in [2.75, 3.05) is 39.3 Å². The zero-order chi connectivity index (χ0) is 15.7. The van der Waals surface area contributed by atoms with Crippen LogP contribution in [0.1, 0.15) is 34.6 Å². The molecule has 2 aliphatic heterocycles. The van der Waals surface area contributed by atoms with Crippen LogP contribution in [0.5, 0.6) is 0 Å². The third-order valence-electron chi connectivity index (χ3n) is 4.87. The fourth-order valence-corrected chi connectivity index (χ4v) is 3.45. The van der Waals surface area contributed by atoms with Crippen molar-refractivity contribution < 1.29 is 9.53 Å². The van der Waals surface area contributed by atoms with Gasteiger partial charge in [0.05, 0.1) is 17.4 Å². The second-order valence-electron chi connectivity index (χ2n) is 6.40. The molecule has 2 saturated heterocycles. The summed E-state index contributed by atoms with van der Waals surface area (Å²) in [4.78, 5) is 17.1. The van der Waals surface area contributed by atoms with Crippen molar-refractivity contribution in [1.82, 2.24) is 19.6 Å². The average molecular weight is 306 g/mol. The summed E-state index contributed by atoms with van der Waals surface area (Å²) in [5.41, 5.74) is 2.55. The largest absolute Gasteiger partial charge is 0.377 e. The molecular weight excluding hydrogens is 280 g/mol. The molecule has 2 fully saturated rings. The molecule has 122 valence electrons. The van der Waals surface area contributed by atoms with Crippen LogP contribution in [-0.2, 0) is 11.8 Å². The Bertz CT molecular complexity index is 541. The van der Waals surface area contributed by atoms with Gasteiger partial charge in [-0.05, 0) is 26.7 Å². The second kappa shape index (κ2) is 6.38. The lowest BCUT2D eigenvalue weighted by Crippen LogP contribution is -2.50. The first-order chi connectivity index (χ1) is 10.6. The van der Waals surface area contributed by atoms with Gasteiger partial charge in [-0.15, -0.1) is 0 Å². The Morgan fingerprint density at radius 3 is 2.55 bits per heavy atom. The summed E-state index contributed by atoms with van der Waals surface area (Å²) in [5.74, 6) is 0.125. The van der Waals surface area contributed by atoms with E-state index < -0.39 is 0 Å². The van der Waals surface area contributed by atoms with Gasteiger partial charge < -0.3 is 9.64 Å². The molecule has 6 nitrogen and oxygen atoms in total. The lowest BCUT2D eigenvalue weighted by molar-refractivity contribution is 0.0432. The summed E-state index contributed by atoms with van der Waals surface area (Å²) in [6.45, 7) is 9.23. The number of carbonyl (C=O) groups is 1. The van der Waals surface area contributed by atoms with Gasteiger partial charge in [0, 0.05) is 52.1 Å². The molecule has 0 aliphatic carbocycles. The molecular formula is C16H26N4O2. The maximum absolute atomic E-state index is 12.7. The zero-order valence-corrected chi connectivity index (χ0v) is 13.8. The highest BCUT2D eigenvalue weighted by atomic mass is 16.5. The minimum absolute atomic E-state index is 0.125. The molecule has 0 radical (unpaired) electrons. The summed E-state index contributed by atoms with van der Waals surface area (Å²) < 4.78 is 7.49. The van der Waals surface area contributed by atoms with Gasteiger partial charge in [-0.25, -0.2) is 0 Å². The van der Waals surface area contributed by atoms with E-state index in [0.29, 0.717) is 6.10 Å². The van der Waals surface area contributed by atoms with Crippen molar-refractivity contribution in [3.05, 3.63) is 17.0 Å². The topological polar surface area (TPSA) is 50.6 Å². The van der Waals surface area contributed by atoms with Crippen LogP contribution in [-0.4, -0.2) is 70.9 Å². The molecule has 1 unspecified atom stereocenters. The van der Waals surface area contributed by atoms with Crippen LogP contribution >= 0.6 is 0 Å². The quantitative estimate of drug-likeness (QED) is 0.835. The molecule has 3 heterocycles. The van der Waals surface area contributed by atoms with Gasteiger partial charge in [-0.2, -0.15) is 5.10 Å². The minimum Gasteiger partial charge on any atom is -0.377 e. The van der Waals surface area contributed by atoms with E-state index in [4.69, 9.17) is 4.74 Å². The van der Waals surface area contributed by atoms with Crippen LogP contribution in [0.3, 0.4) is 0 Å². The van der Waals surface area contributed by atoms with E-state index >= 15 is 0 Å². The van der Waals surface area contributed by atoms with E-state index in [9.17, 15) is 4.79 Å². The van der Waals surface area contributed by atoms with Crippen LogP contribution in [0, 0.1) is 13.8 Å². The predicted molar refractivity (Wildman–Crippen MR) is 84.0 cm³/mol. The Morgan fingerprint density at radius 1 is 1.27 bits per heavy atom. The van der Waals surface area contributed by atoms with Gasteiger partial charge >= 0.3 is 0 Å². The molecule has 1 aromatic rings. The summed E-state index contributed by atoms with van der Waals surface area (Å²) in [6, 6.07) is 0. The number of hydrogen-bond donors (Lipinski definition) is 0. The maximum Gasteiger partial charge on any atom is 0.257 e. The van der Waals surface area contributed by atoms with E-state index in [0.717, 1.165) is 56.3 Å². The van der Waals surface area contributed by atoms with Gasteiger partial charge in [-0.1, -0.05) is 0 Å². The molecule has 0 aromatic carbocycles. The van der Waals surface area contributed by atoms with Crippen molar-refractivity contribution in [1.29, 1.82) is 0 Å². The molecule has 0 spiro atoms. The van der Waals surface area contributed by atoms with Crippen LogP contribution < -0.4 is 0 Å². The summed E-state index contributed by atoms with van der Waals surface area (Å²) >= 11 is 0.